The van der Waals surface area contributed by atoms with Gasteiger partial charge < -0.3 is 5.32 Å². The van der Waals surface area contributed by atoms with Crippen LogP contribution in [0, 0.1) is 11.8 Å². The van der Waals surface area contributed by atoms with E-state index in [9.17, 15) is 0 Å². The third-order valence-corrected chi connectivity index (χ3v) is 5.16. The highest BCUT2D eigenvalue weighted by Crippen LogP contribution is 2.37. The highest BCUT2D eigenvalue weighted by atomic mass is 32.1. The highest BCUT2D eigenvalue weighted by Gasteiger charge is 2.28. The van der Waals surface area contributed by atoms with Crippen molar-refractivity contribution in [1.29, 1.82) is 0 Å². The standard InChI is InChI=1S/C14H21NS/c1-10(11-5-6-11)9-15-13-3-2-4-14-12(13)7-8-16-14/h7-8,10-11,13,15H,2-6,9H2,1H3. The molecule has 1 N–H and O–H groups in total. The first-order chi connectivity index (χ1) is 7.84. The topological polar surface area (TPSA) is 12.0 Å². The minimum atomic E-state index is 0.649. The van der Waals surface area contributed by atoms with Crippen molar-refractivity contribution < 1.29 is 0 Å². The Labute approximate surface area is 102 Å². The fourth-order valence-corrected chi connectivity index (χ4v) is 3.85. The molecular weight excluding hydrogens is 214 g/mol. The molecule has 1 fully saturated rings. The van der Waals surface area contributed by atoms with Crippen LogP contribution in [0.5, 0.6) is 0 Å². The van der Waals surface area contributed by atoms with Gasteiger partial charge in [0.05, 0.1) is 0 Å². The minimum Gasteiger partial charge on any atom is -0.310 e. The zero-order chi connectivity index (χ0) is 11.0. The summed E-state index contributed by atoms with van der Waals surface area (Å²) in [7, 11) is 0. The van der Waals surface area contributed by atoms with Crippen LogP contribution < -0.4 is 5.32 Å². The minimum absolute atomic E-state index is 0.649. The van der Waals surface area contributed by atoms with Crippen LogP contribution in [0.25, 0.3) is 0 Å². The molecule has 1 heterocycles. The van der Waals surface area contributed by atoms with Crippen molar-refractivity contribution in [1.82, 2.24) is 5.32 Å². The molecule has 2 unspecified atom stereocenters. The van der Waals surface area contributed by atoms with Crippen molar-refractivity contribution in [3.05, 3.63) is 21.9 Å². The van der Waals surface area contributed by atoms with Crippen LogP contribution in [0.4, 0.5) is 0 Å². The lowest BCUT2D eigenvalue weighted by Crippen LogP contribution is -2.29. The molecule has 3 rings (SSSR count). The zero-order valence-corrected chi connectivity index (χ0v) is 10.9. The number of hydrogen-bond donors (Lipinski definition) is 1. The SMILES string of the molecule is CC(CNC1CCCc2sccc21)C1CC1. The second kappa shape index (κ2) is 4.50. The molecule has 2 heteroatoms. The first-order valence-corrected chi connectivity index (χ1v) is 7.52. The van der Waals surface area contributed by atoms with Crippen LogP contribution in [0.1, 0.15) is 49.1 Å². The molecule has 0 saturated heterocycles. The van der Waals surface area contributed by atoms with Crippen LogP contribution in [0.15, 0.2) is 11.4 Å². The van der Waals surface area contributed by atoms with E-state index in [0.717, 1.165) is 11.8 Å². The Bertz CT molecular complexity index is 353. The summed E-state index contributed by atoms with van der Waals surface area (Å²) in [5.41, 5.74) is 1.60. The quantitative estimate of drug-likeness (QED) is 0.838. The molecule has 0 bridgehead atoms. The molecule has 1 aromatic rings. The maximum absolute atomic E-state index is 3.79. The average Bonchev–Trinajstić information content (AvgIpc) is 3.04. The van der Waals surface area contributed by atoms with Crippen LogP contribution in [-0.4, -0.2) is 6.54 Å². The normalized spacial score (nSPS) is 26.4. The number of aryl methyl sites for hydroxylation is 1. The van der Waals surface area contributed by atoms with E-state index in [1.54, 1.807) is 10.4 Å². The van der Waals surface area contributed by atoms with E-state index in [2.05, 4.69) is 23.7 Å². The van der Waals surface area contributed by atoms with Crippen molar-refractivity contribution in [3.63, 3.8) is 0 Å². The van der Waals surface area contributed by atoms with E-state index in [0.29, 0.717) is 6.04 Å². The summed E-state index contributed by atoms with van der Waals surface area (Å²) in [6.07, 6.45) is 6.95. The summed E-state index contributed by atoms with van der Waals surface area (Å²) >= 11 is 1.94. The lowest BCUT2D eigenvalue weighted by Gasteiger charge is -2.25. The van der Waals surface area contributed by atoms with Gasteiger partial charge in [0.2, 0.25) is 0 Å². The van der Waals surface area contributed by atoms with Crippen LogP contribution in [-0.2, 0) is 6.42 Å². The van der Waals surface area contributed by atoms with Gasteiger partial charge in [-0.05, 0) is 67.5 Å². The number of thiophene rings is 1. The third kappa shape index (κ3) is 2.18. The Hall–Kier alpha value is -0.340. The van der Waals surface area contributed by atoms with Gasteiger partial charge in [0.25, 0.3) is 0 Å². The van der Waals surface area contributed by atoms with Gasteiger partial charge in [0.15, 0.2) is 0 Å². The van der Waals surface area contributed by atoms with Gasteiger partial charge in [-0.25, -0.2) is 0 Å². The van der Waals surface area contributed by atoms with Crippen molar-refractivity contribution in [2.45, 2.75) is 45.1 Å². The van der Waals surface area contributed by atoms with Gasteiger partial charge in [-0.2, -0.15) is 0 Å². The van der Waals surface area contributed by atoms with Gasteiger partial charge in [-0.1, -0.05) is 6.92 Å². The third-order valence-electron chi connectivity index (χ3n) is 4.16. The van der Waals surface area contributed by atoms with Crippen molar-refractivity contribution >= 4 is 11.3 Å². The second-order valence-corrected chi connectivity index (χ2v) is 6.47. The molecule has 2 aliphatic carbocycles. The highest BCUT2D eigenvalue weighted by molar-refractivity contribution is 7.10. The summed E-state index contributed by atoms with van der Waals surface area (Å²) in [4.78, 5) is 1.63. The van der Waals surface area contributed by atoms with Crippen molar-refractivity contribution in [3.8, 4) is 0 Å². The molecule has 2 aliphatic rings. The van der Waals surface area contributed by atoms with E-state index in [1.807, 2.05) is 11.3 Å². The molecule has 0 spiro atoms. The molecule has 0 aliphatic heterocycles. The fourth-order valence-electron chi connectivity index (χ4n) is 2.86. The number of hydrogen-bond acceptors (Lipinski definition) is 2. The molecule has 0 radical (unpaired) electrons. The lowest BCUT2D eigenvalue weighted by atomic mass is 9.93. The molecule has 1 nitrogen and oxygen atoms in total. The summed E-state index contributed by atoms with van der Waals surface area (Å²) in [5, 5.41) is 6.05. The zero-order valence-electron chi connectivity index (χ0n) is 10.0. The number of rotatable bonds is 4. The molecule has 88 valence electrons. The predicted octanol–water partition coefficient (Wildman–Crippen LogP) is 3.76. The average molecular weight is 235 g/mol. The summed E-state index contributed by atoms with van der Waals surface area (Å²) < 4.78 is 0. The monoisotopic (exact) mass is 235 g/mol. The Balaban J connectivity index is 1.59. The van der Waals surface area contributed by atoms with Crippen molar-refractivity contribution in [2.24, 2.45) is 11.8 Å². The first kappa shape index (κ1) is 10.8. The van der Waals surface area contributed by atoms with E-state index < -0.39 is 0 Å². The Morgan fingerprint density at radius 2 is 2.31 bits per heavy atom. The van der Waals surface area contributed by atoms with Gasteiger partial charge in [-0.3, -0.25) is 0 Å². The van der Waals surface area contributed by atoms with Crippen molar-refractivity contribution in [2.75, 3.05) is 6.54 Å². The molecule has 2 atom stereocenters. The molecule has 1 saturated carbocycles. The van der Waals surface area contributed by atoms with E-state index in [1.165, 1.54) is 38.6 Å². The van der Waals surface area contributed by atoms with Gasteiger partial charge in [0, 0.05) is 10.9 Å². The van der Waals surface area contributed by atoms with Gasteiger partial charge >= 0.3 is 0 Å². The van der Waals surface area contributed by atoms with Crippen LogP contribution in [0.3, 0.4) is 0 Å². The summed E-state index contributed by atoms with van der Waals surface area (Å²) in [6, 6.07) is 2.98. The Morgan fingerprint density at radius 1 is 1.44 bits per heavy atom. The molecular formula is C14H21NS. The second-order valence-electron chi connectivity index (χ2n) is 5.47. The Kier molecular flexibility index (Phi) is 3.03. The molecule has 16 heavy (non-hydrogen) atoms. The number of fused-ring (bicyclic) bond motifs is 1. The van der Waals surface area contributed by atoms with Gasteiger partial charge in [-0.15, -0.1) is 11.3 Å². The van der Waals surface area contributed by atoms with E-state index >= 15 is 0 Å². The molecule has 1 aromatic heterocycles. The van der Waals surface area contributed by atoms with E-state index in [-0.39, 0.29) is 0 Å². The Morgan fingerprint density at radius 3 is 3.12 bits per heavy atom. The molecule has 0 amide bonds. The first-order valence-electron chi connectivity index (χ1n) is 6.64. The van der Waals surface area contributed by atoms with Crippen LogP contribution in [0.2, 0.25) is 0 Å². The smallest absolute Gasteiger partial charge is 0.0331 e. The largest absolute Gasteiger partial charge is 0.310 e. The number of nitrogens with one attached hydrogen (secondary N) is 1. The maximum Gasteiger partial charge on any atom is 0.0331 e. The molecule has 0 aromatic carbocycles. The fraction of sp³-hybridized carbons (Fsp3) is 0.714. The van der Waals surface area contributed by atoms with Crippen LogP contribution >= 0.6 is 11.3 Å². The summed E-state index contributed by atoms with van der Waals surface area (Å²) in [5.74, 6) is 1.90. The maximum atomic E-state index is 3.79. The van der Waals surface area contributed by atoms with E-state index in [4.69, 9.17) is 0 Å². The lowest BCUT2D eigenvalue weighted by molar-refractivity contribution is 0.393. The van der Waals surface area contributed by atoms with Gasteiger partial charge in [0.1, 0.15) is 0 Å². The summed E-state index contributed by atoms with van der Waals surface area (Å²) in [6.45, 7) is 3.62. The predicted molar refractivity (Wildman–Crippen MR) is 69.9 cm³/mol.